The second-order valence-electron chi connectivity index (χ2n) is 10.1. The van der Waals surface area contributed by atoms with Crippen LogP contribution in [0, 0.1) is 29.6 Å². The molecule has 0 heterocycles. The van der Waals surface area contributed by atoms with Gasteiger partial charge in [-0.25, -0.2) is 12.5 Å². The molecule has 1 N–H and O–H groups in total. The van der Waals surface area contributed by atoms with Gasteiger partial charge in [0.2, 0.25) is 0 Å². The Balaban J connectivity index is 2.25. The van der Waals surface area contributed by atoms with Gasteiger partial charge in [0.25, 0.3) is 0 Å². The highest BCUT2D eigenvalue weighted by Crippen LogP contribution is 2.51. The molecule has 0 fully saturated rings. The average molecular weight is 416 g/mol. The van der Waals surface area contributed by atoms with Crippen molar-refractivity contribution in [1.82, 2.24) is 0 Å². The Kier molecular flexibility index (Phi) is 7.14. The maximum atomic E-state index is 11.7. The molecule has 1 aliphatic carbocycles. The highest BCUT2D eigenvalue weighted by molar-refractivity contribution is 5.80. The Morgan fingerprint density at radius 3 is 1.87 bits per heavy atom. The lowest BCUT2D eigenvalue weighted by Crippen LogP contribution is -2.28. The fourth-order valence-corrected chi connectivity index (χ4v) is 4.83. The van der Waals surface area contributed by atoms with Gasteiger partial charge in [0, 0.05) is 5.75 Å². The van der Waals surface area contributed by atoms with E-state index in [0.29, 0.717) is 29.4 Å². The minimum atomic E-state index is 0.387. The Morgan fingerprint density at radius 1 is 0.774 bits per heavy atom. The molecular formula is C30H39O-3. The predicted octanol–water partition coefficient (Wildman–Crippen LogP) is 8.65. The Bertz CT molecular complexity index is 890. The molecule has 1 heteroatoms. The van der Waals surface area contributed by atoms with Gasteiger partial charge in [-0.3, -0.25) is 12.0 Å². The number of para-hydroxylation sites is 1. The lowest BCUT2D eigenvalue weighted by molar-refractivity contribution is 0.467. The van der Waals surface area contributed by atoms with Crippen molar-refractivity contribution < 1.29 is 5.11 Å². The van der Waals surface area contributed by atoms with E-state index in [9.17, 15) is 5.11 Å². The van der Waals surface area contributed by atoms with Crippen LogP contribution in [-0.4, -0.2) is 5.11 Å². The third-order valence-electron chi connectivity index (χ3n) is 6.51. The summed E-state index contributed by atoms with van der Waals surface area (Å²) in [5, 5.41) is 11.7. The lowest BCUT2D eigenvalue weighted by Gasteiger charge is -2.64. The van der Waals surface area contributed by atoms with Crippen LogP contribution in [0.2, 0.25) is 0 Å². The first kappa shape index (κ1) is 23.4. The number of phenols is 1. The molecule has 1 nitrogen and oxygen atoms in total. The SMILES string of the molecule is CC(C)c1cccc(C(C)C)c1-c1cccc([C-]2[C-](C(C)C)C=CC[C-]2C(C)C)c1O. The van der Waals surface area contributed by atoms with Crippen molar-refractivity contribution in [3.63, 3.8) is 0 Å². The minimum absolute atomic E-state index is 0.387. The lowest BCUT2D eigenvalue weighted by atomic mass is 9.64. The van der Waals surface area contributed by atoms with Crippen LogP contribution in [0.15, 0.2) is 48.6 Å². The summed E-state index contributed by atoms with van der Waals surface area (Å²) in [6.45, 7) is 18.0. The minimum Gasteiger partial charge on any atom is -0.565 e. The molecule has 1 aliphatic rings. The number of hydrogen-bond acceptors (Lipinski definition) is 1. The summed E-state index contributed by atoms with van der Waals surface area (Å²) in [5.74, 6) is 6.02. The molecule has 0 aliphatic heterocycles. The molecule has 3 rings (SSSR count). The summed E-state index contributed by atoms with van der Waals surface area (Å²) in [7, 11) is 0. The standard InChI is InChI=1S/C30H39O/c1-18(2)22-12-9-13-23(19(3)4)28(22)26-16-11-17-27(30(26)31)29-24(20(5)6)14-10-15-25(29)21(7)8/h9-14,16-21,31H,15H2,1-8H3/q-3. The van der Waals surface area contributed by atoms with Crippen LogP contribution < -0.4 is 0 Å². The van der Waals surface area contributed by atoms with Crippen molar-refractivity contribution in [3.8, 4) is 16.9 Å². The van der Waals surface area contributed by atoms with Gasteiger partial charge >= 0.3 is 0 Å². The smallest absolute Gasteiger partial charge is 0.0151 e. The van der Waals surface area contributed by atoms with Gasteiger partial charge in [-0.15, -0.1) is 12.0 Å². The first-order chi connectivity index (χ1) is 14.6. The number of aromatic hydroxyl groups is 1. The second-order valence-corrected chi connectivity index (χ2v) is 10.1. The van der Waals surface area contributed by atoms with Gasteiger partial charge < -0.3 is 16.9 Å². The fourth-order valence-electron chi connectivity index (χ4n) is 4.83. The van der Waals surface area contributed by atoms with E-state index < -0.39 is 0 Å². The van der Waals surface area contributed by atoms with Crippen molar-refractivity contribution >= 4 is 0 Å². The normalized spacial score (nSPS) is 15.2. The summed E-state index contributed by atoms with van der Waals surface area (Å²) < 4.78 is 0. The zero-order chi connectivity index (χ0) is 22.9. The van der Waals surface area contributed by atoms with Crippen molar-refractivity contribution in [2.45, 2.75) is 73.6 Å². The predicted molar refractivity (Wildman–Crippen MR) is 134 cm³/mol. The van der Waals surface area contributed by atoms with E-state index in [4.69, 9.17) is 0 Å². The first-order valence-corrected chi connectivity index (χ1v) is 11.9. The molecule has 31 heavy (non-hydrogen) atoms. The van der Waals surface area contributed by atoms with Crippen molar-refractivity contribution in [1.29, 1.82) is 0 Å². The molecule has 0 amide bonds. The second kappa shape index (κ2) is 9.47. The Morgan fingerprint density at radius 2 is 1.35 bits per heavy atom. The zero-order valence-electron chi connectivity index (χ0n) is 20.6. The molecule has 168 valence electrons. The molecule has 0 atom stereocenters. The number of benzene rings is 2. The molecule has 0 saturated heterocycles. The number of allylic oxidation sites excluding steroid dienone is 2. The van der Waals surface area contributed by atoms with Crippen LogP contribution in [0.4, 0.5) is 0 Å². The van der Waals surface area contributed by atoms with Gasteiger partial charge in [0.1, 0.15) is 0 Å². The third kappa shape index (κ3) is 4.52. The summed E-state index contributed by atoms with van der Waals surface area (Å²) in [5.41, 5.74) is 5.74. The van der Waals surface area contributed by atoms with E-state index >= 15 is 0 Å². The van der Waals surface area contributed by atoms with E-state index in [0.717, 1.165) is 17.5 Å². The van der Waals surface area contributed by atoms with Crippen LogP contribution in [0.5, 0.6) is 5.75 Å². The molecule has 0 saturated carbocycles. The summed E-state index contributed by atoms with van der Waals surface area (Å²) >= 11 is 0. The largest absolute Gasteiger partial charge is 0.565 e. The molecule has 2 aromatic carbocycles. The van der Waals surface area contributed by atoms with E-state index in [-0.39, 0.29) is 0 Å². The molecule has 0 aromatic heterocycles. The van der Waals surface area contributed by atoms with E-state index in [1.54, 1.807) is 0 Å². The van der Waals surface area contributed by atoms with Crippen LogP contribution in [-0.2, 0) is 0 Å². The maximum Gasteiger partial charge on any atom is 0.0151 e. The van der Waals surface area contributed by atoms with Crippen LogP contribution in [0.3, 0.4) is 0 Å². The van der Waals surface area contributed by atoms with E-state index in [1.165, 1.54) is 34.4 Å². The molecule has 0 spiro atoms. The van der Waals surface area contributed by atoms with Crippen molar-refractivity contribution in [2.24, 2.45) is 11.8 Å². The third-order valence-corrected chi connectivity index (χ3v) is 6.51. The Hall–Kier alpha value is -2.28. The quantitative estimate of drug-likeness (QED) is 0.468. The first-order valence-electron chi connectivity index (χ1n) is 11.9. The van der Waals surface area contributed by atoms with Gasteiger partial charge in [-0.2, -0.15) is 17.5 Å². The van der Waals surface area contributed by atoms with Gasteiger partial charge in [0.05, 0.1) is 0 Å². The summed E-state index contributed by atoms with van der Waals surface area (Å²) in [6.07, 6.45) is 5.49. The van der Waals surface area contributed by atoms with Crippen LogP contribution >= 0.6 is 0 Å². The molecule has 0 unspecified atom stereocenters. The highest BCUT2D eigenvalue weighted by Gasteiger charge is 2.19. The monoisotopic (exact) mass is 415 g/mol. The van der Waals surface area contributed by atoms with Crippen molar-refractivity contribution in [3.05, 3.63) is 83.0 Å². The average Bonchev–Trinajstić information content (AvgIpc) is 2.72. The van der Waals surface area contributed by atoms with E-state index in [2.05, 4.69) is 104 Å². The molecule has 0 bridgehead atoms. The van der Waals surface area contributed by atoms with Gasteiger partial charge in [0.15, 0.2) is 0 Å². The van der Waals surface area contributed by atoms with Crippen LogP contribution in [0.1, 0.15) is 90.3 Å². The highest BCUT2D eigenvalue weighted by atomic mass is 16.3. The number of rotatable bonds is 6. The molecular weight excluding hydrogens is 376 g/mol. The van der Waals surface area contributed by atoms with E-state index in [1.807, 2.05) is 0 Å². The van der Waals surface area contributed by atoms with Gasteiger partial charge in [-0.1, -0.05) is 79.7 Å². The number of hydrogen-bond donors (Lipinski definition) is 1. The maximum absolute atomic E-state index is 11.7. The van der Waals surface area contributed by atoms with Crippen LogP contribution in [0.25, 0.3) is 11.1 Å². The fraction of sp³-hybridized carbons (Fsp3) is 0.433. The van der Waals surface area contributed by atoms with Gasteiger partial charge in [-0.05, 0) is 34.1 Å². The summed E-state index contributed by atoms with van der Waals surface area (Å²) in [4.78, 5) is 0. The topological polar surface area (TPSA) is 20.2 Å². The molecule has 2 aromatic rings. The van der Waals surface area contributed by atoms with Crippen molar-refractivity contribution in [2.75, 3.05) is 0 Å². The Labute approximate surface area is 190 Å². The zero-order valence-corrected chi connectivity index (χ0v) is 20.6. The molecule has 0 radical (unpaired) electrons. The number of phenolic OH excluding ortho intramolecular Hbond substituents is 1. The summed E-state index contributed by atoms with van der Waals surface area (Å²) in [6, 6.07) is 12.9.